The Morgan fingerprint density at radius 2 is 2.06 bits per heavy atom. The molecule has 0 aliphatic heterocycles. The first-order valence-electron chi connectivity index (χ1n) is 7.57. The first-order chi connectivity index (χ1) is 8.78. The third-order valence-electron chi connectivity index (χ3n) is 5.09. The fraction of sp³-hybridized carbons (Fsp3) is 0.800. The molecule has 2 fully saturated rings. The van der Waals surface area contributed by atoms with Crippen LogP contribution in [0.4, 0.5) is 0 Å². The topological polar surface area (TPSA) is 43.8 Å². The Hall–Kier alpha value is -0.830. The van der Waals surface area contributed by atoms with Gasteiger partial charge in [-0.05, 0) is 43.9 Å². The molecule has 2 N–H and O–H groups in total. The van der Waals surface area contributed by atoms with Crippen molar-refractivity contribution in [2.24, 2.45) is 17.6 Å². The van der Waals surface area contributed by atoms with E-state index in [0.29, 0.717) is 12.6 Å². The number of aryl methyl sites for hydroxylation is 1. The van der Waals surface area contributed by atoms with Crippen LogP contribution in [0.2, 0.25) is 0 Å². The molecule has 3 nitrogen and oxygen atoms in total. The van der Waals surface area contributed by atoms with Gasteiger partial charge < -0.3 is 5.73 Å². The Morgan fingerprint density at radius 1 is 1.22 bits per heavy atom. The number of nitrogens with zero attached hydrogens (tertiary/aromatic N) is 2. The average Bonchev–Trinajstić information content (AvgIpc) is 3.09. The van der Waals surface area contributed by atoms with E-state index in [-0.39, 0.29) is 0 Å². The highest BCUT2D eigenvalue weighted by Crippen LogP contribution is 2.51. The fourth-order valence-electron chi connectivity index (χ4n) is 4.24. The highest BCUT2D eigenvalue weighted by Gasteiger charge is 2.41. The van der Waals surface area contributed by atoms with Crippen LogP contribution in [0, 0.1) is 11.8 Å². The van der Waals surface area contributed by atoms with Crippen molar-refractivity contribution in [2.75, 3.05) is 0 Å². The monoisotopic (exact) mass is 247 g/mol. The molecular weight excluding hydrogens is 222 g/mol. The summed E-state index contributed by atoms with van der Waals surface area (Å²) < 4.78 is 2.37. The third-order valence-corrected chi connectivity index (χ3v) is 5.09. The summed E-state index contributed by atoms with van der Waals surface area (Å²) in [5.41, 5.74) is 9.90. The Labute approximate surface area is 110 Å². The second-order valence-electron chi connectivity index (χ2n) is 5.97. The number of nitrogens with two attached hydrogens (primary N) is 1. The molecule has 0 saturated heterocycles. The van der Waals surface area contributed by atoms with E-state index in [2.05, 4.69) is 18.5 Å². The van der Waals surface area contributed by atoms with Crippen LogP contribution in [0.1, 0.15) is 62.5 Å². The number of fused-ring (bicyclic) bond motifs is 2. The van der Waals surface area contributed by atoms with Crippen LogP contribution < -0.4 is 5.73 Å². The first kappa shape index (κ1) is 12.2. The van der Waals surface area contributed by atoms with Gasteiger partial charge >= 0.3 is 0 Å². The van der Waals surface area contributed by atoms with Crippen LogP contribution in [0.25, 0.3) is 0 Å². The van der Waals surface area contributed by atoms with E-state index in [0.717, 1.165) is 24.7 Å². The summed E-state index contributed by atoms with van der Waals surface area (Å²) in [6.07, 6.45) is 7.73. The van der Waals surface area contributed by atoms with Gasteiger partial charge in [-0.1, -0.05) is 20.3 Å². The quantitative estimate of drug-likeness (QED) is 0.889. The van der Waals surface area contributed by atoms with Gasteiger partial charge in [0.15, 0.2) is 0 Å². The van der Waals surface area contributed by atoms with E-state index in [9.17, 15) is 0 Å². The van der Waals surface area contributed by atoms with E-state index in [1.807, 2.05) is 0 Å². The molecule has 0 spiro atoms. The lowest BCUT2D eigenvalue weighted by Crippen LogP contribution is -2.20. The van der Waals surface area contributed by atoms with Crippen molar-refractivity contribution < 1.29 is 0 Å². The maximum atomic E-state index is 5.94. The van der Waals surface area contributed by atoms with Crippen molar-refractivity contribution in [3.8, 4) is 0 Å². The molecule has 1 aromatic heterocycles. The van der Waals surface area contributed by atoms with Crippen molar-refractivity contribution in [3.63, 3.8) is 0 Å². The zero-order chi connectivity index (χ0) is 12.7. The summed E-state index contributed by atoms with van der Waals surface area (Å²) in [4.78, 5) is 0. The molecule has 3 rings (SSSR count). The first-order valence-corrected chi connectivity index (χ1v) is 7.57. The van der Waals surface area contributed by atoms with Crippen molar-refractivity contribution >= 4 is 0 Å². The number of hydrogen-bond donors (Lipinski definition) is 1. The summed E-state index contributed by atoms with van der Waals surface area (Å²) in [5, 5.41) is 4.91. The minimum absolute atomic E-state index is 0.646. The molecule has 0 radical (unpaired) electrons. The van der Waals surface area contributed by atoms with E-state index in [1.54, 1.807) is 0 Å². The van der Waals surface area contributed by atoms with Gasteiger partial charge in [0.1, 0.15) is 0 Å². The van der Waals surface area contributed by atoms with Gasteiger partial charge in [-0.15, -0.1) is 0 Å². The highest BCUT2D eigenvalue weighted by molar-refractivity contribution is 5.27. The smallest absolute Gasteiger partial charge is 0.0669 e. The van der Waals surface area contributed by atoms with Crippen LogP contribution in [0.5, 0.6) is 0 Å². The van der Waals surface area contributed by atoms with E-state index in [4.69, 9.17) is 10.8 Å². The van der Waals surface area contributed by atoms with E-state index >= 15 is 0 Å². The Balaban J connectivity index is 1.98. The zero-order valence-corrected chi connectivity index (χ0v) is 11.7. The number of aromatic nitrogens is 2. The van der Waals surface area contributed by atoms with Gasteiger partial charge in [-0.25, -0.2) is 0 Å². The van der Waals surface area contributed by atoms with Crippen LogP contribution in [0.3, 0.4) is 0 Å². The Kier molecular flexibility index (Phi) is 3.18. The zero-order valence-electron chi connectivity index (χ0n) is 11.7. The minimum Gasteiger partial charge on any atom is -0.326 e. The molecule has 3 heteroatoms. The summed E-state index contributed by atoms with van der Waals surface area (Å²) in [6, 6.07) is 0.671. The number of rotatable bonds is 4. The Morgan fingerprint density at radius 3 is 2.56 bits per heavy atom. The Bertz CT molecular complexity index is 435. The second kappa shape index (κ2) is 4.69. The minimum atomic E-state index is 0.646. The second-order valence-corrected chi connectivity index (χ2v) is 5.97. The molecule has 3 atom stereocenters. The van der Waals surface area contributed by atoms with Crippen molar-refractivity contribution in [3.05, 3.63) is 17.0 Å². The summed E-state index contributed by atoms with van der Waals surface area (Å²) in [7, 11) is 0. The van der Waals surface area contributed by atoms with Gasteiger partial charge in [0, 0.05) is 17.8 Å². The summed E-state index contributed by atoms with van der Waals surface area (Å²) in [5.74, 6) is 1.86. The number of hydrogen-bond acceptors (Lipinski definition) is 2. The molecule has 2 aliphatic rings. The third kappa shape index (κ3) is 1.71. The lowest BCUT2D eigenvalue weighted by molar-refractivity contribution is 0.299. The van der Waals surface area contributed by atoms with Gasteiger partial charge in [-0.3, -0.25) is 4.68 Å². The lowest BCUT2D eigenvalue weighted by atomic mass is 9.95. The highest BCUT2D eigenvalue weighted by atomic mass is 15.3. The molecule has 0 amide bonds. The largest absolute Gasteiger partial charge is 0.326 e. The summed E-state index contributed by atoms with van der Waals surface area (Å²) in [6.45, 7) is 5.07. The van der Waals surface area contributed by atoms with Gasteiger partial charge in [0.2, 0.25) is 0 Å². The van der Waals surface area contributed by atoms with Crippen molar-refractivity contribution in [1.29, 1.82) is 0 Å². The molecule has 2 aliphatic carbocycles. The van der Waals surface area contributed by atoms with E-state index < -0.39 is 0 Å². The van der Waals surface area contributed by atoms with Gasteiger partial charge in [0.05, 0.1) is 11.7 Å². The van der Waals surface area contributed by atoms with Gasteiger partial charge in [0.25, 0.3) is 0 Å². The molecule has 1 aromatic rings. The standard InChI is InChI=1S/C15H25N3/c1-3-13-12(9-16)14(4-2)18(17-13)15-8-10-5-6-11(15)7-10/h10-11,15H,3-9,16H2,1-2H3. The molecular formula is C15H25N3. The molecule has 2 bridgehead atoms. The maximum Gasteiger partial charge on any atom is 0.0669 e. The average molecular weight is 247 g/mol. The molecule has 2 saturated carbocycles. The predicted molar refractivity (Wildman–Crippen MR) is 73.4 cm³/mol. The van der Waals surface area contributed by atoms with Crippen molar-refractivity contribution in [1.82, 2.24) is 9.78 Å². The molecule has 100 valence electrons. The fourth-order valence-corrected chi connectivity index (χ4v) is 4.24. The van der Waals surface area contributed by atoms with E-state index in [1.165, 1.54) is 42.6 Å². The van der Waals surface area contributed by atoms with Crippen LogP contribution in [-0.4, -0.2) is 9.78 Å². The molecule has 3 unspecified atom stereocenters. The van der Waals surface area contributed by atoms with Gasteiger partial charge in [-0.2, -0.15) is 5.10 Å². The molecule has 18 heavy (non-hydrogen) atoms. The SMILES string of the molecule is CCc1nn(C2CC3CCC2C3)c(CC)c1CN. The maximum absolute atomic E-state index is 5.94. The molecule has 0 aromatic carbocycles. The van der Waals surface area contributed by atoms with Crippen molar-refractivity contribution in [2.45, 2.75) is 65.0 Å². The lowest BCUT2D eigenvalue weighted by Gasteiger charge is -2.24. The predicted octanol–water partition coefficient (Wildman–Crippen LogP) is 2.83. The summed E-state index contributed by atoms with van der Waals surface area (Å²) >= 11 is 0. The van der Waals surface area contributed by atoms with Crippen LogP contribution >= 0.6 is 0 Å². The van der Waals surface area contributed by atoms with Crippen LogP contribution in [0.15, 0.2) is 0 Å². The van der Waals surface area contributed by atoms with Crippen LogP contribution in [-0.2, 0) is 19.4 Å². The molecule has 1 heterocycles. The normalized spacial score (nSPS) is 30.3.